The average Bonchev–Trinajstić information content (AvgIpc) is 2.68. The topological polar surface area (TPSA) is 13.1 Å². The molecule has 0 aliphatic heterocycles. The maximum absolute atomic E-state index is 6.34. The van der Waals surface area contributed by atoms with Crippen molar-refractivity contribution < 1.29 is 4.42 Å². The Morgan fingerprint density at radius 1 is 1.25 bits per heavy atom. The first-order valence-corrected chi connectivity index (χ1v) is 5.91. The van der Waals surface area contributed by atoms with E-state index in [9.17, 15) is 0 Å². The fourth-order valence-corrected chi connectivity index (χ4v) is 2.29. The van der Waals surface area contributed by atoms with Gasteiger partial charge in [0.05, 0.1) is 11.6 Å². The van der Waals surface area contributed by atoms with Crippen molar-refractivity contribution in [1.82, 2.24) is 0 Å². The van der Waals surface area contributed by atoms with Gasteiger partial charge in [-0.3, -0.25) is 0 Å². The van der Waals surface area contributed by atoms with Gasteiger partial charge in [0, 0.05) is 10.6 Å². The van der Waals surface area contributed by atoms with Gasteiger partial charge in [-0.25, -0.2) is 0 Å². The van der Waals surface area contributed by atoms with E-state index >= 15 is 0 Å². The van der Waals surface area contributed by atoms with Crippen LogP contribution in [0.2, 0.25) is 5.02 Å². The molecule has 0 saturated heterocycles. The molecule has 16 heavy (non-hydrogen) atoms. The van der Waals surface area contributed by atoms with E-state index in [2.05, 4.69) is 0 Å². The maximum Gasteiger partial charge on any atom is 0.105 e. The lowest BCUT2D eigenvalue weighted by atomic mass is 10.0. The molecule has 0 amide bonds. The second-order valence-electron chi connectivity index (χ2n) is 3.70. The first-order chi connectivity index (χ1) is 7.68. The van der Waals surface area contributed by atoms with Crippen molar-refractivity contribution in [2.75, 3.05) is 0 Å². The minimum absolute atomic E-state index is 0.0985. The number of alkyl halides is 1. The molecule has 0 saturated carbocycles. The monoisotopic (exact) mass is 254 g/mol. The van der Waals surface area contributed by atoms with Crippen molar-refractivity contribution in [1.29, 1.82) is 0 Å². The molecule has 1 aromatic carbocycles. The highest BCUT2D eigenvalue weighted by Crippen LogP contribution is 2.30. The Morgan fingerprint density at radius 3 is 2.62 bits per heavy atom. The number of furan rings is 1. The largest absolute Gasteiger partial charge is 0.469 e. The minimum Gasteiger partial charge on any atom is -0.469 e. The predicted molar refractivity (Wildman–Crippen MR) is 67.2 cm³/mol. The van der Waals surface area contributed by atoms with Gasteiger partial charge in [0.15, 0.2) is 0 Å². The quantitative estimate of drug-likeness (QED) is 0.720. The van der Waals surface area contributed by atoms with Crippen LogP contribution in [0.25, 0.3) is 0 Å². The molecule has 1 unspecified atom stereocenters. The highest BCUT2D eigenvalue weighted by atomic mass is 35.5. The lowest BCUT2D eigenvalue weighted by Gasteiger charge is -2.09. The molecule has 0 radical (unpaired) electrons. The molecule has 84 valence electrons. The van der Waals surface area contributed by atoms with Crippen LogP contribution in [0.15, 0.2) is 41.0 Å². The lowest BCUT2D eigenvalue weighted by Crippen LogP contribution is -1.96. The maximum atomic E-state index is 6.34. The van der Waals surface area contributed by atoms with E-state index in [1.165, 1.54) is 0 Å². The van der Waals surface area contributed by atoms with E-state index in [0.717, 1.165) is 21.9 Å². The highest BCUT2D eigenvalue weighted by molar-refractivity contribution is 6.31. The summed E-state index contributed by atoms with van der Waals surface area (Å²) in [7, 11) is 0. The standard InChI is InChI=1S/C13H12Cl2O/c1-9-11(6-7-16-9)13(15)8-10-4-2-3-5-12(10)14/h2-7,13H,8H2,1H3. The number of halogens is 2. The van der Waals surface area contributed by atoms with Gasteiger partial charge in [-0.05, 0) is 31.0 Å². The fraction of sp³-hybridized carbons (Fsp3) is 0.231. The number of rotatable bonds is 3. The smallest absolute Gasteiger partial charge is 0.105 e. The SMILES string of the molecule is Cc1occc1C(Cl)Cc1ccccc1Cl. The summed E-state index contributed by atoms with van der Waals surface area (Å²) >= 11 is 12.4. The van der Waals surface area contributed by atoms with Crippen LogP contribution in [-0.2, 0) is 6.42 Å². The van der Waals surface area contributed by atoms with Gasteiger partial charge in [0.2, 0.25) is 0 Å². The van der Waals surface area contributed by atoms with Crippen molar-refractivity contribution in [2.45, 2.75) is 18.7 Å². The summed E-state index contributed by atoms with van der Waals surface area (Å²) in [5, 5.41) is 0.660. The van der Waals surface area contributed by atoms with E-state index in [0.29, 0.717) is 6.42 Å². The van der Waals surface area contributed by atoms with Crippen LogP contribution in [-0.4, -0.2) is 0 Å². The van der Waals surface area contributed by atoms with Crippen molar-refractivity contribution in [3.8, 4) is 0 Å². The number of aryl methyl sites for hydroxylation is 1. The molecule has 3 heteroatoms. The predicted octanol–water partition coefficient (Wildman–Crippen LogP) is 4.76. The molecule has 0 fully saturated rings. The van der Waals surface area contributed by atoms with Gasteiger partial charge in [0.1, 0.15) is 5.76 Å². The first-order valence-electron chi connectivity index (χ1n) is 5.10. The Hall–Kier alpha value is -0.920. The van der Waals surface area contributed by atoms with E-state index in [4.69, 9.17) is 27.6 Å². The third-order valence-corrected chi connectivity index (χ3v) is 3.35. The van der Waals surface area contributed by atoms with Gasteiger partial charge in [-0.2, -0.15) is 0 Å². The highest BCUT2D eigenvalue weighted by Gasteiger charge is 2.14. The van der Waals surface area contributed by atoms with Crippen LogP contribution in [0.4, 0.5) is 0 Å². The van der Waals surface area contributed by atoms with Crippen molar-refractivity contribution in [3.05, 3.63) is 58.5 Å². The second-order valence-corrected chi connectivity index (χ2v) is 4.63. The average molecular weight is 255 g/mol. The summed E-state index contributed by atoms with van der Waals surface area (Å²) in [6, 6.07) is 9.66. The number of hydrogen-bond donors (Lipinski definition) is 0. The number of benzene rings is 1. The van der Waals surface area contributed by atoms with E-state index in [-0.39, 0.29) is 5.38 Å². The minimum atomic E-state index is -0.0985. The zero-order valence-electron chi connectivity index (χ0n) is 8.91. The van der Waals surface area contributed by atoms with Gasteiger partial charge in [-0.1, -0.05) is 29.8 Å². The molecule has 2 rings (SSSR count). The van der Waals surface area contributed by atoms with Crippen LogP contribution in [0.1, 0.15) is 22.3 Å². The normalized spacial score (nSPS) is 12.7. The Kier molecular flexibility index (Phi) is 3.57. The Morgan fingerprint density at radius 2 is 2.00 bits per heavy atom. The van der Waals surface area contributed by atoms with Crippen molar-refractivity contribution in [3.63, 3.8) is 0 Å². The third kappa shape index (κ3) is 2.42. The molecular formula is C13H12Cl2O. The zero-order valence-corrected chi connectivity index (χ0v) is 10.4. The Balaban J connectivity index is 2.17. The van der Waals surface area contributed by atoms with E-state index in [1.54, 1.807) is 6.26 Å². The molecule has 1 heterocycles. The molecule has 1 atom stereocenters. The Labute approximate surface area is 105 Å². The van der Waals surface area contributed by atoms with E-state index in [1.807, 2.05) is 37.3 Å². The van der Waals surface area contributed by atoms with Crippen molar-refractivity contribution >= 4 is 23.2 Å². The fourth-order valence-electron chi connectivity index (χ4n) is 1.69. The van der Waals surface area contributed by atoms with Crippen LogP contribution >= 0.6 is 23.2 Å². The molecular weight excluding hydrogens is 243 g/mol. The molecule has 0 aliphatic rings. The molecule has 0 aliphatic carbocycles. The molecule has 1 nitrogen and oxygen atoms in total. The summed E-state index contributed by atoms with van der Waals surface area (Å²) in [5.41, 5.74) is 2.09. The summed E-state index contributed by atoms with van der Waals surface area (Å²) in [4.78, 5) is 0. The summed E-state index contributed by atoms with van der Waals surface area (Å²) < 4.78 is 5.24. The third-order valence-electron chi connectivity index (χ3n) is 2.59. The lowest BCUT2D eigenvalue weighted by molar-refractivity contribution is 0.529. The van der Waals surface area contributed by atoms with Crippen LogP contribution in [0, 0.1) is 6.92 Å². The summed E-state index contributed by atoms with van der Waals surface area (Å²) in [6.45, 7) is 1.91. The van der Waals surface area contributed by atoms with Crippen LogP contribution in [0.3, 0.4) is 0 Å². The van der Waals surface area contributed by atoms with Crippen LogP contribution < -0.4 is 0 Å². The first kappa shape index (κ1) is 11.6. The molecule has 1 aromatic heterocycles. The van der Waals surface area contributed by atoms with E-state index < -0.39 is 0 Å². The van der Waals surface area contributed by atoms with Crippen LogP contribution in [0.5, 0.6) is 0 Å². The molecule has 0 bridgehead atoms. The summed E-state index contributed by atoms with van der Waals surface area (Å²) in [5.74, 6) is 0.868. The van der Waals surface area contributed by atoms with Gasteiger partial charge in [0.25, 0.3) is 0 Å². The second kappa shape index (κ2) is 4.94. The van der Waals surface area contributed by atoms with Gasteiger partial charge >= 0.3 is 0 Å². The van der Waals surface area contributed by atoms with Crippen molar-refractivity contribution in [2.24, 2.45) is 0 Å². The Bertz CT molecular complexity index is 476. The van der Waals surface area contributed by atoms with Gasteiger partial charge < -0.3 is 4.42 Å². The number of hydrogen-bond acceptors (Lipinski definition) is 1. The molecule has 0 N–H and O–H groups in total. The van der Waals surface area contributed by atoms with Gasteiger partial charge in [-0.15, -0.1) is 11.6 Å². The zero-order chi connectivity index (χ0) is 11.5. The summed E-state index contributed by atoms with van der Waals surface area (Å²) in [6.07, 6.45) is 2.37. The molecule has 0 spiro atoms. The molecule has 2 aromatic rings.